The monoisotopic (exact) mass is 537 g/mol. The Morgan fingerprint density at radius 2 is 1.50 bits per heavy atom. The van der Waals surface area contributed by atoms with E-state index >= 15 is 0 Å². The Balaban J connectivity index is 2.91. The lowest BCUT2D eigenvalue weighted by atomic mass is 9.92. The lowest BCUT2D eigenvalue weighted by Gasteiger charge is -2.27. The van der Waals surface area contributed by atoms with Crippen molar-refractivity contribution in [2.45, 2.75) is 124 Å². The number of carbonyl (C=O) groups excluding carboxylic acids is 5. The Labute approximate surface area is 229 Å². The minimum absolute atomic E-state index is 0.0522. The van der Waals surface area contributed by atoms with Gasteiger partial charge >= 0.3 is 0 Å². The molecule has 0 aromatic carbocycles. The molecule has 1 saturated heterocycles. The van der Waals surface area contributed by atoms with Crippen molar-refractivity contribution in [2.24, 2.45) is 17.8 Å². The molecule has 218 valence electrons. The van der Waals surface area contributed by atoms with Crippen LogP contribution in [0.5, 0.6) is 0 Å². The maximum atomic E-state index is 13.3. The molecule has 0 aromatic heterocycles. The van der Waals surface area contributed by atoms with E-state index in [1.165, 1.54) is 6.92 Å². The number of hydrogen-bond donors (Lipinski definition) is 3. The molecule has 0 spiro atoms. The summed E-state index contributed by atoms with van der Waals surface area (Å²) in [6, 6.07) is -2.07. The van der Waals surface area contributed by atoms with E-state index in [1.54, 1.807) is 6.92 Å². The molecule has 1 aliphatic rings. The average molecular weight is 538 g/mol. The van der Waals surface area contributed by atoms with Crippen molar-refractivity contribution in [3.8, 4) is 0 Å². The molecule has 1 aliphatic heterocycles. The van der Waals surface area contributed by atoms with E-state index in [4.69, 9.17) is 4.74 Å². The zero-order valence-corrected chi connectivity index (χ0v) is 24.8. The third-order valence-corrected chi connectivity index (χ3v) is 7.15. The van der Waals surface area contributed by atoms with Gasteiger partial charge in [-0.3, -0.25) is 19.2 Å². The van der Waals surface area contributed by atoms with Crippen LogP contribution in [0.3, 0.4) is 0 Å². The molecule has 9 heteroatoms. The largest absolute Gasteiger partial charge is 0.361 e. The number of amides is 2. The van der Waals surface area contributed by atoms with Gasteiger partial charge in [0.1, 0.15) is 23.2 Å². The predicted octanol–water partition coefficient (Wildman–Crippen LogP) is 3.13. The average Bonchev–Trinajstić information content (AvgIpc) is 3.58. The maximum absolute atomic E-state index is 13.3. The third-order valence-electron chi connectivity index (χ3n) is 7.15. The molecule has 1 rings (SSSR count). The molecule has 0 saturated carbocycles. The molecule has 38 heavy (non-hydrogen) atoms. The fourth-order valence-corrected chi connectivity index (χ4v) is 4.30. The highest BCUT2D eigenvalue weighted by Gasteiger charge is 2.50. The highest BCUT2D eigenvalue weighted by Crippen LogP contribution is 2.29. The zero-order valence-electron chi connectivity index (χ0n) is 24.8. The van der Waals surface area contributed by atoms with Crippen molar-refractivity contribution in [3.05, 3.63) is 0 Å². The molecule has 5 unspecified atom stereocenters. The van der Waals surface area contributed by atoms with Gasteiger partial charge in [-0.1, -0.05) is 47.5 Å². The SMILES string of the molecule is CCCCCC(=O)C(C)NCC(C(=O)NC(CCC(C)=O)C(=O)NC(CC(C)C)C(=O)C1(C)CO1)C(C)C. The number of hydrogen-bond acceptors (Lipinski definition) is 7. The fourth-order valence-electron chi connectivity index (χ4n) is 4.30. The summed E-state index contributed by atoms with van der Waals surface area (Å²) in [7, 11) is 0. The van der Waals surface area contributed by atoms with Gasteiger partial charge in [0, 0.05) is 19.4 Å². The van der Waals surface area contributed by atoms with E-state index in [0.29, 0.717) is 19.4 Å². The van der Waals surface area contributed by atoms with Gasteiger partial charge in [0.15, 0.2) is 5.78 Å². The molecular formula is C29H51N3O6. The van der Waals surface area contributed by atoms with Crippen molar-refractivity contribution in [1.29, 1.82) is 0 Å². The number of carbonyl (C=O) groups is 5. The van der Waals surface area contributed by atoms with E-state index in [9.17, 15) is 24.0 Å². The van der Waals surface area contributed by atoms with Crippen LogP contribution < -0.4 is 16.0 Å². The van der Waals surface area contributed by atoms with E-state index in [0.717, 1.165) is 19.3 Å². The summed E-state index contributed by atoms with van der Waals surface area (Å²) in [5.74, 6) is -1.36. The van der Waals surface area contributed by atoms with Gasteiger partial charge in [0.25, 0.3) is 0 Å². The molecule has 2 amide bonds. The fraction of sp³-hybridized carbons (Fsp3) is 0.828. The van der Waals surface area contributed by atoms with Gasteiger partial charge in [-0.2, -0.15) is 0 Å². The predicted molar refractivity (Wildman–Crippen MR) is 148 cm³/mol. The number of nitrogens with one attached hydrogen (secondary N) is 3. The summed E-state index contributed by atoms with van der Waals surface area (Å²) in [6.45, 7) is 15.4. The molecule has 5 atom stereocenters. The van der Waals surface area contributed by atoms with Crippen LogP contribution in [-0.2, 0) is 28.7 Å². The van der Waals surface area contributed by atoms with Crippen molar-refractivity contribution >= 4 is 29.2 Å². The van der Waals surface area contributed by atoms with Crippen LogP contribution in [-0.4, -0.2) is 66.0 Å². The molecule has 0 bridgehead atoms. The Hall–Kier alpha value is -2.13. The number of ketones is 3. The summed E-state index contributed by atoms with van der Waals surface area (Å²) in [4.78, 5) is 63.7. The summed E-state index contributed by atoms with van der Waals surface area (Å²) < 4.78 is 5.31. The molecular weight excluding hydrogens is 486 g/mol. The normalized spacial score (nSPS) is 19.9. The first-order valence-electron chi connectivity index (χ1n) is 14.3. The number of ether oxygens (including phenoxy) is 1. The molecule has 9 nitrogen and oxygen atoms in total. The highest BCUT2D eigenvalue weighted by molar-refractivity contribution is 5.98. The van der Waals surface area contributed by atoms with Gasteiger partial charge in [-0.15, -0.1) is 0 Å². The van der Waals surface area contributed by atoms with Crippen LogP contribution in [0.2, 0.25) is 0 Å². The zero-order chi connectivity index (χ0) is 29.0. The van der Waals surface area contributed by atoms with Gasteiger partial charge < -0.3 is 25.5 Å². The lowest BCUT2D eigenvalue weighted by Crippen LogP contribution is -2.55. The van der Waals surface area contributed by atoms with E-state index < -0.39 is 29.5 Å². The van der Waals surface area contributed by atoms with Crippen LogP contribution in [0.15, 0.2) is 0 Å². The van der Waals surface area contributed by atoms with E-state index in [2.05, 4.69) is 22.9 Å². The van der Waals surface area contributed by atoms with Gasteiger partial charge in [-0.25, -0.2) is 0 Å². The minimum atomic E-state index is -0.962. The Kier molecular flexibility index (Phi) is 14.3. The van der Waals surface area contributed by atoms with Gasteiger partial charge in [0.05, 0.1) is 24.6 Å². The topological polar surface area (TPSA) is 134 Å². The Morgan fingerprint density at radius 3 is 2.00 bits per heavy atom. The maximum Gasteiger partial charge on any atom is 0.243 e. The number of epoxide rings is 1. The molecule has 0 radical (unpaired) electrons. The number of Topliss-reactive ketones (excluding diaryl/α,β-unsaturated/α-hetero) is 3. The quantitative estimate of drug-likeness (QED) is 0.160. The van der Waals surface area contributed by atoms with E-state index in [1.807, 2.05) is 34.6 Å². The molecule has 1 fully saturated rings. The standard InChI is InChI=1S/C29H51N3O6/c1-9-10-11-12-25(34)21(7)30-16-22(19(4)5)27(36)31-23(14-13-20(6)33)28(37)32-24(15-18(2)3)26(35)29(8)17-38-29/h18-19,21-24,30H,9-17H2,1-8H3,(H,31,36)(H,32,37). The molecule has 1 heterocycles. The van der Waals surface area contributed by atoms with Crippen molar-refractivity contribution in [3.63, 3.8) is 0 Å². The second-order valence-corrected chi connectivity index (χ2v) is 11.8. The molecule has 0 aromatic rings. The van der Waals surface area contributed by atoms with Gasteiger partial charge in [0.2, 0.25) is 11.8 Å². The van der Waals surface area contributed by atoms with Crippen LogP contribution in [0.25, 0.3) is 0 Å². The Bertz CT molecular complexity index is 821. The number of rotatable bonds is 20. The van der Waals surface area contributed by atoms with Crippen molar-refractivity contribution in [1.82, 2.24) is 16.0 Å². The molecule has 0 aliphatic carbocycles. The summed E-state index contributed by atoms with van der Waals surface area (Å²) in [5.41, 5.74) is -0.885. The molecule has 3 N–H and O–H groups in total. The number of unbranched alkanes of at least 4 members (excludes halogenated alkanes) is 2. The second kappa shape index (κ2) is 16.1. The van der Waals surface area contributed by atoms with Crippen LogP contribution >= 0.6 is 0 Å². The first-order valence-corrected chi connectivity index (χ1v) is 14.3. The first kappa shape index (κ1) is 33.9. The first-order chi connectivity index (χ1) is 17.7. The summed E-state index contributed by atoms with van der Waals surface area (Å²) in [5, 5.41) is 8.85. The Morgan fingerprint density at radius 1 is 0.895 bits per heavy atom. The van der Waals surface area contributed by atoms with Crippen LogP contribution in [0.1, 0.15) is 100 Å². The lowest BCUT2D eigenvalue weighted by molar-refractivity contribution is -0.135. The summed E-state index contributed by atoms with van der Waals surface area (Å²) in [6.07, 6.45) is 4.11. The third kappa shape index (κ3) is 11.7. The highest BCUT2D eigenvalue weighted by atomic mass is 16.6. The minimum Gasteiger partial charge on any atom is -0.361 e. The smallest absolute Gasteiger partial charge is 0.243 e. The van der Waals surface area contributed by atoms with Crippen LogP contribution in [0, 0.1) is 17.8 Å². The second-order valence-electron chi connectivity index (χ2n) is 11.8. The van der Waals surface area contributed by atoms with Crippen molar-refractivity contribution < 1.29 is 28.7 Å². The van der Waals surface area contributed by atoms with E-state index in [-0.39, 0.29) is 60.5 Å². The van der Waals surface area contributed by atoms with Crippen LogP contribution in [0.4, 0.5) is 0 Å². The van der Waals surface area contributed by atoms with Crippen molar-refractivity contribution in [2.75, 3.05) is 13.2 Å². The van der Waals surface area contributed by atoms with Gasteiger partial charge in [-0.05, 0) is 51.9 Å². The summed E-state index contributed by atoms with van der Waals surface area (Å²) >= 11 is 0.